The topological polar surface area (TPSA) is 67.8 Å². The average Bonchev–Trinajstić information content (AvgIpc) is 2.56. The average molecular weight is 197 g/mol. The van der Waals surface area contributed by atoms with Gasteiger partial charge in [0.15, 0.2) is 0 Å². The molecule has 0 unspecified atom stereocenters. The van der Waals surface area contributed by atoms with E-state index in [0.717, 1.165) is 16.3 Å². The molecule has 1 aromatic heterocycles. The van der Waals surface area contributed by atoms with Gasteiger partial charge in [-0.1, -0.05) is 36.4 Å². The van der Waals surface area contributed by atoms with E-state index in [4.69, 9.17) is 11.5 Å². The van der Waals surface area contributed by atoms with Gasteiger partial charge < -0.3 is 16.5 Å². The summed E-state index contributed by atoms with van der Waals surface area (Å²) in [5.41, 5.74) is 13.3. The number of hydrogen-bond donors (Lipinski definition) is 3. The van der Waals surface area contributed by atoms with Crippen molar-refractivity contribution in [1.82, 2.24) is 4.98 Å². The van der Waals surface area contributed by atoms with Crippen LogP contribution in [-0.2, 0) is 0 Å². The minimum atomic E-state index is 0.543. The lowest BCUT2D eigenvalue weighted by Gasteiger charge is -1.98. The fourth-order valence-corrected chi connectivity index (χ4v) is 1.98. The Balaban J connectivity index is 2.60. The second-order valence-electron chi connectivity index (χ2n) is 3.66. The van der Waals surface area contributed by atoms with Crippen LogP contribution in [-0.4, -0.2) is 4.98 Å². The Kier molecular flexibility index (Phi) is 1.45. The Morgan fingerprint density at radius 1 is 0.867 bits per heavy atom. The Morgan fingerprint density at radius 3 is 2.53 bits per heavy atom. The van der Waals surface area contributed by atoms with E-state index in [0.29, 0.717) is 11.5 Å². The van der Waals surface area contributed by atoms with E-state index >= 15 is 0 Å². The van der Waals surface area contributed by atoms with Gasteiger partial charge in [-0.3, -0.25) is 0 Å². The molecule has 0 radical (unpaired) electrons. The molecule has 0 atom stereocenters. The van der Waals surface area contributed by atoms with Gasteiger partial charge in [0.05, 0.1) is 11.2 Å². The molecule has 5 N–H and O–H groups in total. The monoisotopic (exact) mass is 197 g/mol. The zero-order valence-electron chi connectivity index (χ0n) is 8.12. The second kappa shape index (κ2) is 2.67. The van der Waals surface area contributed by atoms with Crippen LogP contribution in [0.25, 0.3) is 21.7 Å². The Morgan fingerprint density at radius 2 is 1.67 bits per heavy atom. The fourth-order valence-electron chi connectivity index (χ4n) is 1.98. The van der Waals surface area contributed by atoms with Gasteiger partial charge >= 0.3 is 0 Å². The third kappa shape index (κ3) is 1.00. The van der Waals surface area contributed by atoms with Crippen LogP contribution in [0.1, 0.15) is 0 Å². The van der Waals surface area contributed by atoms with Gasteiger partial charge in [-0.2, -0.15) is 0 Å². The van der Waals surface area contributed by atoms with Crippen molar-refractivity contribution in [3.63, 3.8) is 0 Å². The molecule has 3 heteroatoms. The van der Waals surface area contributed by atoms with Crippen molar-refractivity contribution in [3.05, 3.63) is 36.4 Å². The first kappa shape index (κ1) is 8.17. The van der Waals surface area contributed by atoms with E-state index in [2.05, 4.69) is 23.2 Å². The number of aromatic nitrogens is 1. The molecular weight excluding hydrogens is 186 g/mol. The number of nitrogens with one attached hydrogen (secondary N) is 1. The standard InChI is InChI=1S/C12H11N3/c13-10-9-6-5-7-3-1-2-4-8(7)11(9)15-12(10)14/h1-6,15H,13-14H2. The first-order valence-corrected chi connectivity index (χ1v) is 4.82. The normalized spacial score (nSPS) is 11.2. The van der Waals surface area contributed by atoms with Gasteiger partial charge in [-0.15, -0.1) is 0 Å². The van der Waals surface area contributed by atoms with Crippen molar-refractivity contribution >= 4 is 33.2 Å². The molecule has 1 heterocycles. The minimum Gasteiger partial charge on any atom is -0.395 e. The summed E-state index contributed by atoms with van der Waals surface area (Å²) in [4.78, 5) is 3.12. The summed E-state index contributed by atoms with van der Waals surface area (Å²) >= 11 is 0. The summed E-state index contributed by atoms with van der Waals surface area (Å²) in [6.45, 7) is 0. The fraction of sp³-hybridized carbons (Fsp3) is 0. The van der Waals surface area contributed by atoms with Gasteiger partial charge in [-0.25, -0.2) is 0 Å². The Hall–Kier alpha value is -2.16. The maximum absolute atomic E-state index is 5.87. The molecular formula is C12H11N3. The summed E-state index contributed by atoms with van der Waals surface area (Å²) in [5.74, 6) is 0.543. The Bertz CT molecular complexity index is 652. The highest BCUT2D eigenvalue weighted by atomic mass is 14.9. The summed E-state index contributed by atoms with van der Waals surface area (Å²) in [6, 6.07) is 12.2. The third-order valence-electron chi connectivity index (χ3n) is 2.77. The molecule has 0 aliphatic carbocycles. The number of aromatic amines is 1. The zero-order valence-corrected chi connectivity index (χ0v) is 8.12. The van der Waals surface area contributed by atoms with E-state index < -0.39 is 0 Å². The SMILES string of the molecule is Nc1[nH]c2c(ccc3ccccc32)c1N. The van der Waals surface area contributed by atoms with Crippen LogP contribution >= 0.6 is 0 Å². The lowest BCUT2D eigenvalue weighted by Crippen LogP contribution is -1.90. The van der Waals surface area contributed by atoms with Gasteiger partial charge in [-0.05, 0) is 5.39 Å². The molecule has 0 aliphatic rings. The maximum atomic E-state index is 5.87. The molecule has 15 heavy (non-hydrogen) atoms. The molecule has 0 amide bonds. The van der Waals surface area contributed by atoms with Gasteiger partial charge in [0.2, 0.25) is 0 Å². The second-order valence-corrected chi connectivity index (χ2v) is 3.66. The predicted octanol–water partition coefficient (Wildman–Crippen LogP) is 2.49. The van der Waals surface area contributed by atoms with Crippen molar-refractivity contribution in [3.8, 4) is 0 Å². The zero-order chi connectivity index (χ0) is 10.4. The van der Waals surface area contributed by atoms with Gasteiger partial charge in [0.1, 0.15) is 5.82 Å². The quantitative estimate of drug-likeness (QED) is 0.518. The smallest absolute Gasteiger partial charge is 0.125 e. The van der Waals surface area contributed by atoms with Crippen molar-refractivity contribution in [2.75, 3.05) is 11.5 Å². The molecule has 0 spiro atoms. The summed E-state index contributed by atoms with van der Waals surface area (Å²) in [5, 5.41) is 3.33. The molecule has 3 aromatic rings. The molecule has 0 fully saturated rings. The van der Waals surface area contributed by atoms with E-state index in [9.17, 15) is 0 Å². The van der Waals surface area contributed by atoms with Crippen molar-refractivity contribution in [2.45, 2.75) is 0 Å². The number of fused-ring (bicyclic) bond motifs is 3. The van der Waals surface area contributed by atoms with Crippen molar-refractivity contribution in [1.29, 1.82) is 0 Å². The number of nitrogen functional groups attached to an aromatic ring is 2. The molecule has 0 saturated carbocycles. The van der Waals surface area contributed by atoms with Crippen LogP contribution in [0, 0.1) is 0 Å². The number of benzene rings is 2. The van der Waals surface area contributed by atoms with Crippen LogP contribution in [0.5, 0.6) is 0 Å². The molecule has 3 nitrogen and oxygen atoms in total. The highest BCUT2D eigenvalue weighted by molar-refractivity contribution is 6.12. The van der Waals surface area contributed by atoms with Gasteiger partial charge in [0.25, 0.3) is 0 Å². The van der Waals surface area contributed by atoms with Crippen LogP contribution in [0.15, 0.2) is 36.4 Å². The van der Waals surface area contributed by atoms with E-state index in [1.165, 1.54) is 5.39 Å². The lowest BCUT2D eigenvalue weighted by atomic mass is 10.1. The summed E-state index contributed by atoms with van der Waals surface area (Å²) in [6.07, 6.45) is 0. The lowest BCUT2D eigenvalue weighted by molar-refractivity contribution is 1.48. The first-order valence-electron chi connectivity index (χ1n) is 4.82. The molecule has 0 aliphatic heterocycles. The highest BCUT2D eigenvalue weighted by Gasteiger charge is 2.07. The summed E-state index contributed by atoms with van der Waals surface area (Å²) < 4.78 is 0. The van der Waals surface area contributed by atoms with Gasteiger partial charge in [0, 0.05) is 10.8 Å². The molecule has 0 saturated heterocycles. The van der Waals surface area contributed by atoms with E-state index in [1.54, 1.807) is 0 Å². The summed E-state index contributed by atoms with van der Waals surface area (Å²) in [7, 11) is 0. The maximum Gasteiger partial charge on any atom is 0.125 e. The van der Waals surface area contributed by atoms with Crippen LogP contribution < -0.4 is 11.5 Å². The number of anilines is 2. The number of nitrogens with two attached hydrogens (primary N) is 2. The molecule has 2 aromatic carbocycles. The van der Waals surface area contributed by atoms with E-state index in [1.807, 2.05) is 18.2 Å². The van der Waals surface area contributed by atoms with Crippen molar-refractivity contribution in [2.24, 2.45) is 0 Å². The first-order chi connectivity index (χ1) is 7.27. The number of rotatable bonds is 0. The minimum absolute atomic E-state index is 0.543. The third-order valence-corrected chi connectivity index (χ3v) is 2.77. The van der Waals surface area contributed by atoms with E-state index in [-0.39, 0.29) is 0 Å². The van der Waals surface area contributed by atoms with Crippen LogP contribution in [0.4, 0.5) is 11.5 Å². The predicted molar refractivity (Wildman–Crippen MR) is 64.6 cm³/mol. The van der Waals surface area contributed by atoms with Crippen molar-refractivity contribution < 1.29 is 0 Å². The van der Waals surface area contributed by atoms with Crippen LogP contribution in [0.2, 0.25) is 0 Å². The highest BCUT2D eigenvalue weighted by Crippen LogP contribution is 2.31. The molecule has 3 rings (SSSR count). The largest absolute Gasteiger partial charge is 0.395 e. The van der Waals surface area contributed by atoms with Crippen LogP contribution in [0.3, 0.4) is 0 Å². The molecule has 74 valence electrons. The Labute approximate surface area is 86.7 Å². The molecule has 0 bridgehead atoms. The number of hydrogen-bond acceptors (Lipinski definition) is 2. The number of H-pyrrole nitrogens is 1.